The number of aromatic carboxylic acids is 1. The minimum Gasteiger partial charge on any atom is -0.478 e. The van der Waals surface area contributed by atoms with E-state index in [1.54, 1.807) is 12.1 Å². The zero-order valence-corrected chi connectivity index (χ0v) is 12.3. The molecule has 0 saturated carbocycles. The SMILES string of the molecule is Cc1cc(C(=O)O)ccc1SCC(=O)OC(C)(C)C. The lowest BCUT2D eigenvalue weighted by Gasteiger charge is -2.19. The lowest BCUT2D eigenvalue weighted by molar-refractivity contribution is -0.151. The zero-order chi connectivity index (χ0) is 14.6. The third-order valence-corrected chi connectivity index (χ3v) is 3.34. The number of hydrogen-bond donors (Lipinski definition) is 1. The van der Waals surface area contributed by atoms with Gasteiger partial charge in [-0.2, -0.15) is 0 Å². The minimum absolute atomic E-state index is 0.213. The third-order valence-electron chi connectivity index (χ3n) is 2.19. The van der Waals surface area contributed by atoms with E-state index in [1.165, 1.54) is 17.8 Å². The maximum absolute atomic E-state index is 11.6. The largest absolute Gasteiger partial charge is 0.478 e. The highest BCUT2D eigenvalue weighted by atomic mass is 32.2. The Morgan fingerprint density at radius 3 is 2.42 bits per heavy atom. The van der Waals surface area contributed by atoms with Crippen LogP contribution in [-0.4, -0.2) is 28.4 Å². The van der Waals surface area contributed by atoms with Crippen LogP contribution in [0, 0.1) is 6.92 Å². The van der Waals surface area contributed by atoms with Gasteiger partial charge in [0.25, 0.3) is 0 Å². The molecule has 104 valence electrons. The van der Waals surface area contributed by atoms with E-state index in [4.69, 9.17) is 9.84 Å². The first kappa shape index (κ1) is 15.6. The molecule has 0 unspecified atom stereocenters. The summed E-state index contributed by atoms with van der Waals surface area (Å²) >= 11 is 1.35. The molecule has 0 atom stereocenters. The van der Waals surface area contributed by atoms with Gasteiger partial charge < -0.3 is 9.84 Å². The van der Waals surface area contributed by atoms with E-state index in [0.717, 1.165) is 10.5 Å². The zero-order valence-electron chi connectivity index (χ0n) is 11.5. The van der Waals surface area contributed by atoms with Crippen molar-refractivity contribution in [2.45, 2.75) is 38.2 Å². The van der Waals surface area contributed by atoms with Crippen LogP contribution in [0.1, 0.15) is 36.7 Å². The molecule has 0 radical (unpaired) electrons. The summed E-state index contributed by atoms with van der Waals surface area (Å²) in [6.07, 6.45) is 0. The Bertz CT molecular complexity index is 489. The molecule has 1 N–H and O–H groups in total. The first-order chi connectivity index (χ1) is 8.69. The highest BCUT2D eigenvalue weighted by Crippen LogP contribution is 2.24. The highest BCUT2D eigenvalue weighted by Gasteiger charge is 2.16. The second-order valence-corrected chi connectivity index (χ2v) is 6.18. The Morgan fingerprint density at radius 2 is 1.95 bits per heavy atom. The third kappa shape index (κ3) is 5.34. The van der Waals surface area contributed by atoms with Crippen molar-refractivity contribution in [2.75, 3.05) is 5.75 Å². The van der Waals surface area contributed by atoms with Gasteiger partial charge in [0.1, 0.15) is 5.60 Å². The molecule has 0 spiro atoms. The normalized spacial score (nSPS) is 11.2. The number of benzene rings is 1. The number of esters is 1. The summed E-state index contributed by atoms with van der Waals surface area (Å²) in [6.45, 7) is 7.29. The van der Waals surface area contributed by atoms with Crippen LogP contribution in [0.5, 0.6) is 0 Å². The van der Waals surface area contributed by atoms with Crippen LogP contribution >= 0.6 is 11.8 Å². The van der Waals surface area contributed by atoms with Crippen molar-refractivity contribution in [3.05, 3.63) is 29.3 Å². The molecule has 0 heterocycles. The molecule has 5 heteroatoms. The minimum atomic E-state index is -0.952. The second kappa shape index (κ2) is 6.10. The fourth-order valence-electron chi connectivity index (χ4n) is 1.45. The van der Waals surface area contributed by atoms with E-state index in [0.29, 0.717) is 0 Å². The Morgan fingerprint density at radius 1 is 1.32 bits per heavy atom. The van der Waals surface area contributed by atoms with Gasteiger partial charge in [0.2, 0.25) is 0 Å². The molecule has 0 fully saturated rings. The standard InChI is InChI=1S/C14H18O4S/c1-9-7-10(13(16)17)5-6-11(9)19-8-12(15)18-14(2,3)4/h5-7H,8H2,1-4H3,(H,16,17). The van der Waals surface area contributed by atoms with Crippen molar-refractivity contribution in [2.24, 2.45) is 0 Å². The van der Waals surface area contributed by atoms with Crippen molar-refractivity contribution in [1.82, 2.24) is 0 Å². The Kier molecular flexibility index (Phi) is 5.00. The number of thioether (sulfide) groups is 1. The lowest BCUT2D eigenvalue weighted by Crippen LogP contribution is -2.24. The van der Waals surface area contributed by atoms with Crippen LogP contribution in [0.25, 0.3) is 0 Å². The first-order valence-corrected chi connectivity index (χ1v) is 6.86. The van der Waals surface area contributed by atoms with Crippen molar-refractivity contribution >= 4 is 23.7 Å². The van der Waals surface area contributed by atoms with Crippen LogP contribution in [0.2, 0.25) is 0 Å². The number of carboxylic acids is 1. The molecule has 1 aromatic carbocycles. The average Bonchev–Trinajstić information content (AvgIpc) is 2.24. The van der Waals surface area contributed by atoms with Gasteiger partial charge in [-0.25, -0.2) is 4.79 Å². The molecule has 19 heavy (non-hydrogen) atoms. The van der Waals surface area contributed by atoms with E-state index in [1.807, 2.05) is 27.7 Å². The summed E-state index contributed by atoms with van der Waals surface area (Å²) in [5.41, 5.74) is 0.604. The summed E-state index contributed by atoms with van der Waals surface area (Å²) in [4.78, 5) is 23.3. The fourth-order valence-corrected chi connectivity index (χ4v) is 2.24. The van der Waals surface area contributed by atoms with Gasteiger partial charge in [-0.3, -0.25) is 4.79 Å². The van der Waals surface area contributed by atoms with Crippen LogP contribution in [0.4, 0.5) is 0 Å². The number of carboxylic acid groups (broad SMARTS) is 1. The second-order valence-electron chi connectivity index (χ2n) is 5.16. The molecule has 0 aliphatic carbocycles. The van der Waals surface area contributed by atoms with Gasteiger partial charge in [-0.1, -0.05) is 0 Å². The predicted molar refractivity (Wildman–Crippen MR) is 74.7 cm³/mol. The number of carbonyl (C=O) groups is 2. The summed E-state index contributed by atoms with van der Waals surface area (Å²) in [7, 11) is 0. The summed E-state index contributed by atoms with van der Waals surface area (Å²) in [5, 5.41) is 8.86. The smallest absolute Gasteiger partial charge is 0.335 e. The molecule has 1 rings (SSSR count). The Balaban J connectivity index is 2.64. The number of rotatable bonds is 4. The predicted octanol–water partition coefficient (Wildman–Crippen LogP) is 3.13. The first-order valence-electron chi connectivity index (χ1n) is 5.87. The topological polar surface area (TPSA) is 63.6 Å². The van der Waals surface area contributed by atoms with Crippen molar-refractivity contribution in [3.63, 3.8) is 0 Å². The molecule has 0 saturated heterocycles. The van der Waals surface area contributed by atoms with Gasteiger partial charge in [0.05, 0.1) is 11.3 Å². The number of ether oxygens (including phenoxy) is 1. The Hall–Kier alpha value is -1.49. The fraction of sp³-hybridized carbons (Fsp3) is 0.429. The van der Waals surface area contributed by atoms with Crippen molar-refractivity contribution < 1.29 is 19.4 Å². The van der Waals surface area contributed by atoms with Gasteiger partial charge in [-0.05, 0) is 51.5 Å². The van der Waals surface area contributed by atoms with Crippen LogP contribution in [0.15, 0.2) is 23.1 Å². The molecule has 0 aliphatic heterocycles. The highest BCUT2D eigenvalue weighted by molar-refractivity contribution is 8.00. The quantitative estimate of drug-likeness (QED) is 0.679. The molecule has 0 aromatic heterocycles. The van der Waals surface area contributed by atoms with Gasteiger partial charge in [0.15, 0.2) is 0 Å². The molecule has 1 aromatic rings. The number of aryl methyl sites for hydroxylation is 1. The van der Waals surface area contributed by atoms with Gasteiger partial charge in [0, 0.05) is 4.90 Å². The molecule has 4 nitrogen and oxygen atoms in total. The molecular formula is C14H18O4S. The lowest BCUT2D eigenvalue weighted by atomic mass is 10.1. The van der Waals surface area contributed by atoms with Crippen LogP contribution in [-0.2, 0) is 9.53 Å². The molecule has 0 bridgehead atoms. The molecular weight excluding hydrogens is 264 g/mol. The maximum Gasteiger partial charge on any atom is 0.335 e. The summed E-state index contributed by atoms with van der Waals surface area (Å²) in [5.74, 6) is -1.02. The summed E-state index contributed by atoms with van der Waals surface area (Å²) < 4.78 is 5.21. The number of hydrogen-bond acceptors (Lipinski definition) is 4. The maximum atomic E-state index is 11.6. The van der Waals surface area contributed by atoms with E-state index in [9.17, 15) is 9.59 Å². The molecule has 0 amide bonds. The monoisotopic (exact) mass is 282 g/mol. The summed E-state index contributed by atoms with van der Waals surface area (Å²) in [6, 6.07) is 4.85. The van der Waals surface area contributed by atoms with Gasteiger partial charge in [-0.15, -0.1) is 11.8 Å². The van der Waals surface area contributed by atoms with Crippen LogP contribution < -0.4 is 0 Å². The van der Waals surface area contributed by atoms with Crippen molar-refractivity contribution in [3.8, 4) is 0 Å². The Labute approximate surface area is 117 Å². The van der Waals surface area contributed by atoms with Crippen molar-refractivity contribution in [1.29, 1.82) is 0 Å². The van der Waals surface area contributed by atoms with E-state index in [-0.39, 0.29) is 17.3 Å². The average molecular weight is 282 g/mol. The van der Waals surface area contributed by atoms with E-state index in [2.05, 4.69) is 0 Å². The van der Waals surface area contributed by atoms with Crippen LogP contribution in [0.3, 0.4) is 0 Å². The molecule has 0 aliphatic rings. The van der Waals surface area contributed by atoms with Gasteiger partial charge >= 0.3 is 11.9 Å². The number of carbonyl (C=O) groups excluding carboxylic acids is 1. The van der Waals surface area contributed by atoms with E-state index >= 15 is 0 Å². The van der Waals surface area contributed by atoms with E-state index < -0.39 is 11.6 Å².